The van der Waals surface area contributed by atoms with E-state index < -0.39 is 0 Å². The predicted octanol–water partition coefficient (Wildman–Crippen LogP) is 2.14. The number of ether oxygens (including phenoxy) is 1. The van der Waals surface area contributed by atoms with Gasteiger partial charge >= 0.3 is 0 Å². The standard InChI is InChI=1S/C11H7N3O/c12-5-9-3-1-2-4-11(9)15-10-6-13-8-14-7-10/h1-4,6-8H. The number of hydrogen-bond acceptors (Lipinski definition) is 4. The van der Waals surface area contributed by atoms with Crippen molar-refractivity contribution in [2.45, 2.75) is 0 Å². The molecule has 15 heavy (non-hydrogen) atoms. The smallest absolute Gasteiger partial charge is 0.164 e. The Balaban J connectivity index is 2.29. The maximum Gasteiger partial charge on any atom is 0.164 e. The SMILES string of the molecule is N#Cc1ccccc1Oc1cncnc1. The van der Waals surface area contributed by atoms with Gasteiger partial charge < -0.3 is 4.74 Å². The molecule has 0 amide bonds. The molecule has 0 saturated heterocycles. The number of nitrogens with zero attached hydrogens (tertiary/aromatic N) is 3. The predicted molar refractivity (Wildman–Crippen MR) is 53.3 cm³/mol. The van der Waals surface area contributed by atoms with Crippen molar-refractivity contribution in [3.05, 3.63) is 48.5 Å². The van der Waals surface area contributed by atoms with Gasteiger partial charge in [-0.2, -0.15) is 5.26 Å². The molecule has 0 radical (unpaired) electrons. The molecule has 0 fully saturated rings. The van der Waals surface area contributed by atoms with Crippen molar-refractivity contribution in [3.8, 4) is 17.6 Å². The first-order valence-corrected chi connectivity index (χ1v) is 4.32. The van der Waals surface area contributed by atoms with Gasteiger partial charge in [0.25, 0.3) is 0 Å². The van der Waals surface area contributed by atoms with E-state index in [-0.39, 0.29) is 0 Å². The minimum absolute atomic E-state index is 0.487. The normalized spacial score (nSPS) is 9.27. The minimum atomic E-state index is 0.487. The van der Waals surface area contributed by atoms with Crippen molar-refractivity contribution in [2.24, 2.45) is 0 Å². The molecule has 0 aliphatic carbocycles. The van der Waals surface area contributed by atoms with Gasteiger partial charge in [-0.25, -0.2) is 9.97 Å². The molecule has 4 nitrogen and oxygen atoms in total. The van der Waals surface area contributed by atoms with Crippen LogP contribution in [-0.2, 0) is 0 Å². The van der Waals surface area contributed by atoms with Crippen molar-refractivity contribution < 1.29 is 4.74 Å². The average Bonchev–Trinajstić information content (AvgIpc) is 2.31. The third kappa shape index (κ3) is 2.09. The monoisotopic (exact) mass is 197 g/mol. The zero-order valence-electron chi connectivity index (χ0n) is 7.79. The summed E-state index contributed by atoms with van der Waals surface area (Å²) in [5.74, 6) is 1.02. The van der Waals surface area contributed by atoms with Crippen LogP contribution in [0.25, 0.3) is 0 Å². The summed E-state index contributed by atoms with van der Waals surface area (Å²) in [6.07, 6.45) is 4.51. The average molecular weight is 197 g/mol. The number of nitriles is 1. The van der Waals surface area contributed by atoms with Gasteiger partial charge in [-0.15, -0.1) is 0 Å². The molecule has 0 bridgehead atoms. The molecule has 0 aliphatic rings. The summed E-state index contributed by atoms with van der Waals surface area (Å²) in [5, 5.41) is 8.84. The van der Waals surface area contributed by atoms with E-state index in [1.807, 2.05) is 6.07 Å². The summed E-state index contributed by atoms with van der Waals surface area (Å²) in [4.78, 5) is 7.63. The molecular formula is C11H7N3O. The van der Waals surface area contributed by atoms with Gasteiger partial charge in [0.05, 0.1) is 18.0 Å². The van der Waals surface area contributed by atoms with Crippen molar-refractivity contribution in [3.63, 3.8) is 0 Å². The van der Waals surface area contributed by atoms with E-state index in [2.05, 4.69) is 9.97 Å². The largest absolute Gasteiger partial charge is 0.453 e. The van der Waals surface area contributed by atoms with E-state index in [9.17, 15) is 0 Å². The first kappa shape index (κ1) is 9.16. The molecule has 0 unspecified atom stereocenters. The number of hydrogen-bond donors (Lipinski definition) is 0. The summed E-state index contributed by atoms with van der Waals surface area (Å²) in [7, 11) is 0. The van der Waals surface area contributed by atoms with Crippen LogP contribution in [0.3, 0.4) is 0 Å². The van der Waals surface area contributed by atoms with E-state index in [1.54, 1.807) is 36.7 Å². The van der Waals surface area contributed by atoms with Gasteiger partial charge in [0, 0.05) is 0 Å². The molecule has 2 aromatic rings. The fourth-order valence-corrected chi connectivity index (χ4v) is 1.11. The van der Waals surface area contributed by atoms with E-state index >= 15 is 0 Å². The second-order valence-corrected chi connectivity index (χ2v) is 2.78. The van der Waals surface area contributed by atoms with Crippen molar-refractivity contribution in [1.82, 2.24) is 9.97 Å². The third-order valence-corrected chi connectivity index (χ3v) is 1.77. The topological polar surface area (TPSA) is 58.8 Å². The molecule has 4 heteroatoms. The fourth-order valence-electron chi connectivity index (χ4n) is 1.11. The summed E-state index contributed by atoms with van der Waals surface area (Å²) >= 11 is 0. The molecule has 1 heterocycles. The van der Waals surface area contributed by atoms with E-state index in [1.165, 1.54) is 6.33 Å². The Morgan fingerprint density at radius 3 is 2.60 bits per heavy atom. The minimum Gasteiger partial charge on any atom is -0.453 e. The highest BCUT2D eigenvalue weighted by molar-refractivity contribution is 5.44. The van der Waals surface area contributed by atoms with Crippen molar-refractivity contribution >= 4 is 0 Å². The lowest BCUT2D eigenvalue weighted by Crippen LogP contribution is -1.89. The van der Waals surface area contributed by atoms with Crippen LogP contribution in [0.15, 0.2) is 43.0 Å². The molecule has 0 saturated carbocycles. The van der Waals surface area contributed by atoms with Crippen LogP contribution in [0, 0.1) is 11.3 Å². The molecular weight excluding hydrogens is 190 g/mol. The van der Waals surface area contributed by atoms with Gasteiger partial charge in [-0.1, -0.05) is 12.1 Å². The van der Waals surface area contributed by atoms with E-state index in [0.29, 0.717) is 17.1 Å². The van der Waals surface area contributed by atoms with Gasteiger partial charge in [0.2, 0.25) is 0 Å². The molecule has 1 aromatic heterocycles. The molecule has 0 atom stereocenters. The van der Waals surface area contributed by atoms with E-state index in [0.717, 1.165) is 0 Å². The van der Waals surface area contributed by atoms with Gasteiger partial charge in [-0.3, -0.25) is 0 Å². The summed E-state index contributed by atoms with van der Waals surface area (Å²) < 4.78 is 5.45. The lowest BCUT2D eigenvalue weighted by atomic mass is 10.2. The highest BCUT2D eigenvalue weighted by atomic mass is 16.5. The van der Waals surface area contributed by atoms with Crippen LogP contribution < -0.4 is 4.74 Å². The van der Waals surface area contributed by atoms with Crippen molar-refractivity contribution in [2.75, 3.05) is 0 Å². The van der Waals surface area contributed by atoms with Crippen LogP contribution in [0.4, 0.5) is 0 Å². The Morgan fingerprint density at radius 2 is 1.87 bits per heavy atom. The molecule has 0 aliphatic heterocycles. The Kier molecular flexibility index (Phi) is 2.56. The number of rotatable bonds is 2. The van der Waals surface area contributed by atoms with E-state index in [4.69, 9.17) is 10.00 Å². The Morgan fingerprint density at radius 1 is 1.13 bits per heavy atom. The van der Waals surface area contributed by atoms with Crippen LogP contribution >= 0.6 is 0 Å². The molecule has 0 spiro atoms. The summed E-state index contributed by atoms with van der Waals surface area (Å²) in [5.41, 5.74) is 0.487. The first-order valence-electron chi connectivity index (χ1n) is 4.32. The highest BCUT2D eigenvalue weighted by Gasteiger charge is 2.02. The second kappa shape index (κ2) is 4.20. The van der Waals surface area contributed by atoms with Crippen LogP contribution in [-0.4, -0.2) is 9.97 Å². The number of benzene rings is 1. The van der Waals surface area contributed by atoms with Gasteiger partial charge in [0.15, 0.2) is 5.75 Å². The first-order chi connectivity index (χ1) is 7.40. The quantitative estimate of drug-likeness (QED) is 0.740. The van der Waals surface area contributed by atoms with Crippen LogP contribution in [0.1, 0.15) is 5.56 Å². The molecule has 1 aromatic carbocycles. The fraction of sp³-hybridized carbons (Fsp3) is 0. The zero-order chi connectivity index (χ0) is 10.5. The van der Waals surface area contributed by atoms with Crippen LogP contribution in [0.2, 0.25) is 0 Å². The molecule has 2 rings (SSSR count). The maximum absolute atomic E-state index is 8.84. The molecule has 0 N–H and O–H groups in total. The zero-order valence-corrected chi connectivity index (χ0v) is 7.79. The van der Waals surface area contributed by atoms with Gasteiger partial charge in [0.1, 0.15) is 18.1 Å². The summed E-state index contributed by atoms with van der Waals surface area (Å²) in [6.45, 7) is 0. The van der Waals surface area contributed by atoms with Crippen molar-refractivity contribution in [1.29, 1.82) is 5.26 Å². The maximum atomic E-state index is 8.84. The Labute approximate surface area is 86.8 Å². The van der Waals surface area contributed by atoms with Gasteiger partial charge in [-0.05, 0) is 12.1 Å². The van der Waals surface area contributed by atoms with Crippen LogP contribution in [0.5, 0.6) is 11.5 Å². The number of aromatic nitrogens is 2. The second-order valence-electron chi connectivity index (χ2n) is 2.78. The summed E-state index contributed by atoms with van der Waals surface area (Å²) in [6, 6.07) is 9.06. The lowest BCUT2D eigenvalue weighted by Gasteiger charge is -2.05. The number of para-hydroxylation sites is 1. The highest BCUT2D eigenvalue weighted by Crippen LogP contribution is 2.22. The Bertz CT molecular complexity index is 491. The lowest BCUT2D eigenvalue weighted by molar-refractivity contribution is 0.476. The third-order valence-electron chi connectivity index (χ3n) is 1.77. The Hall–Kier alpha value is -2.41. The molecule has 72 valence electrons.